The van der Waals surface area contributed by atoms with Crippen LogP contribution in [0.4, 0.5) is 8.78 Å². The number of rotatable bonds is 2. The molecule has 0 spiro atoms. The molecule has 114 valence electrons. The number of fused-ring (bicyclic) bond motifs is 1. The van der Waals surface area contributed by atoms with Crippen molar-refractivity contribution in [1.29, 1.82) is 0 Å². The highest BCUT2D eigenvalue weighted by Crippen LogP contribution is 2.34. The van der Waals surface area contributed by atoms with E-state index in [-0.39, 0.29) is 11.3 Å². The summed E-state index contributed by atoms with van der Waals surface area (Å²) in [6.07, 6.45) is 5.55. The van der Waals surface area contributed by atoms with Crippen LogP contribution in [0, 0.1) is 11.6 Å². The van der Waals surface area contributed by atoms with Gasteiger partial charge in [0.1, 0.15) is 9.84 Å². The molecular formula is C14H16F2N2O2S. The number of aromatic nitrogens is 2. The minimum absolute atomic E-state index is 0.0478. The molecule has 1 aromatic carbocycles. The van der Waals surface area contributed by atoms with Gasteiger partial charge < -0.3 is 4.57 Å². The Kier molecular flexibility index (Phi) is 3.47. The molecule has 21 heavy (non-hydrogen) atoms. The first-order valence-electron chi connectivity index (χ1n) is 6.86. The molecular weight excluding hydrogens is 298 g/mol. The summed E-state index contributed by atoms with van der Waals surface area (Å²) in [5.41, 5.74) is 0.892. The van der Waals surface area contributed by atoms with E-state index in [2.05, 4.69) is 4.98 Å². The summed E-state index contributed by atoms with van der Waals surface area (Å²) < 4.78 is 51.9. The van der Waals surface area contributed by atoms with Gasteiger partial charge in [-0.05, 0) is 19.3 Å². The zero-order chi connectivity index (χ0) is 15.2. The van der Waals surface area contributed by atoms with Crippen molar-refractivity contribution in [1.82, 2.24) is 9.55 Å². The third kappa shape index (κ3) is 2.66. The van der Waals surface area contributed by atoms with Crippen LogP contribution in [-0.2, 0) is 9.84 Å². The predicted molar refractivity (Wildman–Crippen MR) is 75.8 cm³/mol. The third-order valence-electron chi connectivity index (χ3n) is 4.21. The van der Waals surface area contributed by atoms with Crippen LogP contribution in [0.3, 0.4) is 0 Å². The molecule has 1 aliphatic carbocycles. The van der Waals surface area contributed by atoms with E-state index >= 15 is 0 Å². The van der Waals surface area contributed by atoms with Gasteiger partial charge in [-0.3, -0.25) is 0 Å². The minimum Gasteiger partial charge on any atom is -0.327 e. The van der Waals surface area contributed by atoms with Crippen LogP contribution in [0.25, 0.3) is 11.0 Å². The molecule has 1 aliphatic rings. The van der Waals surface area contributed by atoms with Crippen molar-refractivity contribution in [2.75, 3.05) is 6.26 Å². The molecule has 4 nitrogen and oxygen atoms in total. The van der Waals surface area contributed by atoms with E-state index in [1.807, 2.05) is 0 Å². The highest BCUT2D eigenvalue weighted by Gasteiger charge is 2.30. The second-order valence-electron chi connectivity index (χ2n) is 5.68. The van der Waals surface area contributed by atoms with Gasteiger partial charge in [0.15, 0.2) is 11.6 Å². The van der Waals surface area contributed by atoms with E-state index in [0.717, 1.165) is 25.0 Å². The van der Waals surface area contributed by atoms with Gasteiger partial charge in [0.25, 0.3) is 0 Å². The predicted octanol–water partition coefficient (Wildman–Crippen LogP) is 2.84. The molecule has 1 saturated carbocycles. The van der Waals surface area contributed by atoms with Crippen LogP contribution in [0.15, 0.2) is 18.5 Å². The maximum atomic E-state index is 13.4. The van der Waals surface area contributed by atoms with Crippen molar-refractivity contribution < 1.29 is 17.2 Å². The summed E-state index contributed by atoms with van der Waals surface area (Å²) in [6, 6.07) is 2.15. The number of benzene rings is 1. The van der Waals surface area contributed by atoms with Crippen molar-refractivity contribution >= 4 is 20.9 Å². The average Bonchev–Trinajstić information content (AvgIpc) is 2.81. The van der Waals surface area contributed by atoms with E-state index in [1.165, 1.54) is 6.26 Å². The number of imidazole rings is 1. The summed E-state index contributed by atoms with van der Waals surface area (Å²) in [5.74, 6) is -1.84. The normalized spacial score (nSPS) is 23.6. The zero-order valence-corrected chi connectivity index (χ0v) is 12.4. The SMILES string of the molecule is CS(=O)(=O)C1CCCC(n2cnc3cc(F)c(F)cc32)C1. The standard InChI is InChI=1S/C14H16F2N2O2S/c1-21(19,20)10-4-2-3-9(5-10)18-8-17-13-6-11(15)12(16)7-14(13)18/h6-10H,2-5H2,1H3. The van der Waals surface area contributed by atoms with Gasteiger partial charge in [-0.1, -0.05) is 6.42 Å². The number of hydrogen-bond acceptors (Lipinski definition) is 3. The van der Waals surface area contributed by atoms with Crippen molar-refractivity contribution in [3.05, 3.63) is 30.1 Å². The summed E-state index contributed by atoms with van der Waals surface area (Å²) in [7, 11) is -3.09. The molecule has 0 amide bonds. The lowest BCUT2D eigenvalue weighted by molar-refractivity contribution is 0.358. The largest absolute Gasteiger partial charge is 0.327 e. The number of nitrogens with zero attached hydrogens (tertiary/aromatic N) is 2. The molecule has 0 saturated heterocycles. The number of halogens is 2. The van der Waals surface area contributed by atoms with Gasteiger partial charge in [-0.25, -0.2) is 22.2 Å². The Balaban J connectivity index is 1.99. The van der Waals surface area contributed by atoms with Crippen LogP contribution < -0.4 is 0 Å². The second-order valence-corrected chi connectivity index (χ2v) is 8.00. The summed E-state index contributed by atoms with van der Waals surface area (Å²) in [4.78, 5) is 4.09. The average molecular weight is 314 g/mol. The topological polar surface area (TPSA) is 52.0 Å². The van der Waals surface area contributed by atoms with E-state index < -0.39 is 21.5 Å². The Morgan fingerprint density at radius 1 is 1.24 bits per heavy atom. The molecule has 7 heteroatoms. The highest BCUT2D eigenvalue weighted by atomic mass is 32.2. The van der Waals surface area contributed by atoms with Gasteiger partial charge in [0, 0.05) is 24.4 Å². The molecule has 0 aliphatic heterocycles. The van der Waals surface area contributed by atoms with Crippen molar-refractivity contribution in [3.63, 3.8) is 0 Å². The van der Waals surface area contributed by atoms with Gasteiger partial charge in [0.2, 0.25) is 0 Å². The fourth-order valence-electron chi connectivity index (χ4n) is 3.08. The van der Waals surface area contributed by atoms with Crippen LogP contribution in [0.2, 0.25) is 0 Å². The maximum absolute atomic E-state index is 13.4. The molecule has 2 unspecified atom stereocenters. The molecule has 0 N–H and O–H groups in total. The number of hydrogen-bond donors (Lipinski definition) is 0. The Hall–Kier alpha value is -1.50. The molecule has 3 rings (SSSR count). The van der Waals surface area contributed by atoms with Crippen LogP contribution in [-0.4, -0.2) is 29.5 Å². The highest BCUT2D eigenvalue weighted by molar-refractivity contribution is 7.91. The molecule has 2 atom stereocenters. The van der Waals surface area contributed by atoms with Gasteiger partial charge in [-0.15, -0.1) is 0 Å². The Bertz CT molecular complexity index is 786. The van der Waals surface area contributed by atoms with E-state index in [4.69, 9.17) is 0 Å². The lowest BCUT2D eigenvalue weighted by atomic mass is 9.94. The first-order valence-corrected chi connectivity index (χ1v) is 8.82. The monoisotopic (exact) mass is 314 g/mol. The Morgan fingerprint density at radius 2 is 1.95 bits per heavy atom. The molecule has 0 radical (unpaired) electrons. The smallest absolute Gasteiger partial charge is 0.161 e. The first kappa shape index (κ1) is 14.4. The van der Waals surface area contributed by atoms with E-state index in [9.17, 15) is 17.2 Å². The summed E-state index contributed by atoms with van der Waals surface area (Å²) in [6.45, 7) is 0. The molecule has 1 heterocycles. The lowest BCUT2D eigenvalue weighted by Crippen LogP contribution is -2.28. The van der Waals surface area contributed by atoms with E-state index in [0.29, 0.717) is 23.9 Å². The Morgan fingerprint density at radius 3 is 2.67 bits per heavy atom. The zero-order valence-electron chi connectivity index (χ0n) is 11.6. The van der Waals surface area contributed by atoms with E-state index in [1.54, 1.807) is 10.9 Å². The Labute approximate surface area is 121 Å². The van der Waals surface area contributed by atoms with Gasteiger partial charge in [0.05, 0.1) is 22.6 Å². The van der Waals surface area contributed by atoms with Crippen LogP contribution in [0.1, 0.15) is 31.7 Å². The lowest BCUT2D eigenvalue weighted by Gasteiger charge is -2.29. The summed E-state index contributed by atoms with van der Waals surface area (Å²) >= 11 is 0. The maximum Gasteiger partial charge on any atom is 0.161 e. The quantitative estimate of drug-likeness (QED) is 0.856. The van der Waals surface area contributed by atoms with Crippen LogP contribution >= 0.6 is 0 Å². The van der Waals surface area contributed by atoms with Gasteiger partial charge in [-0.2, -0.15) is 0 Å². The first-order chi connectivity index (χ1) is 9.86. The second kappa shape index (κ2) is 5.05. The minimum atomic E-state index is -3.09. The van der Waals surface area contributed by atoms with Crippen molar-refractivity contribution in [2.45, 2.75) is 37.0 Å². The third-order valence-corrected chi connectivity index (χ3v) is 5.85. The molecule has 2 aromatic rings. The molecule has 1 fully saturated rings. The molecule has 1 aromatic heterocycles. The van der Waals surface area contributed by atoms with Crippen LogP contribution in [0.5, 0.6) is 0 Å². The van der Waals surface area contributed by atoms with Gasteiger partial charge >= 0.3 is 0 Å². The fourth-order valence-corrected chi connectivity index (χ4v) is 4.24. The fraction of sp³-hybridized carbons (Fsp3) is 0.500. The van der Waals surface area contributed by atoms with Crippen molar-refractivity contribution in [2.24, 2.45) is 0 Å². The number of sulfone groups is 1. The van der Waals surface area contributed by atoms with Crippen molar-refractivity contribution in [3.8, 4) is 0 Å². The summed E-state index contributed by atoms with van der Waals surface area (Å²) in [5, 5.41) is -0.376. The molecule has 0 bridgehead atoms.